The van der Waals surface area contributed by atoms with Gasteiger partial charge in [-0.25, -0.2) is 0 Å². The van der Waals surface area contributed by atoms with E-state index >= 15 is 0 Å². The van der Waals surface area contributed by atoms with Crippen LogP contribution >= 0.6 is 0 Å². The van der Waals surface area contributed by atoms with Crippen molar-refractivity contribution in [3.8, 4) is 0 Å². The zero-order chi connectivity index (χ0) is 23.4. The Morgan fingerprint density at radius 1 is 0.848 bits per heavy atom. The van der Waals surface area contributed by atoms with E-state index in [1.807, 2.05) is 0 Å². The number of carbonyl (C=O) groups excluding carboxylic acids is 4. The van der Waals surface area contributed by atoms with Crippen LogP contribution in [-0.2, 0) is 4.79 Å². The van der Waals surface area contributed by atoms with Crippen molar-refractivity contribution in [1.29, 1.82) is 0 Å². The SMILES string of the molecule is O=C(N[C@@H](CO)C(=O)NC1CCCCCCC1)c1ccc2c(c1)C(=O)c1ccccc1C2=O. The molecule has 0 aliphatic heterocycles. The zero-order valence-electron chi connectivity index (χ0n) is 18.4. The molecule has 0 bridgehead atoms. The molecule has 0 aromatic heterocycles. The molecule has 0 radical (unpaired) electrons. The van der Waals surface area contributed by atoms with Gasteiger partial charge in [-0.3, -0.25) is 19.2 Å². The van der Waals surface area contributed by atoms with Gasteiger partial charge in [0.05, 0.1) is 6.61 Å². The van der Waals surface area contributed by atoms with Crippen LogP contribution in [0.2, 0.25) is 0 Å². The van der Waals surface area contributed by atoms with E-state index in [4.69, 9.17) is 0 Å². The number of fused-ring (bicyclic) bond motifs is 2. The molecule has 0 saturated heterocycles. The quantitative estimate of drug-likeness (QED) is 0.556. The van der Waals surface area contributed by atoms with Gasteiger partial charge in [-0.2, -0.15) is 0 Å². The van der Waals surface area contributed by atoms with Gasteiger partial charge < -0.3 is 15.7 Å². The number of benzene rings is 2. The number of carbonyl (C=O) groups is 4. The Bertz CT molecular complexity index is 1090. The van der Waals surface area contributed by atoms with Crippen molar-refractivity contribution in [3.63, 3.8) is 0 Å². The number of hydrogen-bond acceptors (Lipinski definition) is 5. The molecule has 2 amide bonds. The summed E-state index contributed by atoms with van der Waals surface area (Å²) in [6.07, 6.45) is 7.39. The van der Waals surface area contributed by atoms with Crippen LogP contribution in [0.5, 0.6) is 0 Å². The molecule has 1 atom stereocenters. The fourth-order valence-corrected chi connectivity index (χ4v) is 4.58. The number of hydrogen-bond donors (Lipinski definition) is 3. The van der Waals surface area contributed by atoms with E-state index in [-0.39, 0.29) is 34.3 Å². The Labute approximate surface area is 192 Å². The van der Waals surface area contributed by atoms with E-state index in [1.165, 1.54) is 24.6 Å². The van der Waals surface area contributed by atoms with Gasteiger partial charge in [0.25, 0.3) is 5.91 Å². The first-order chi connectivity index (χ1) is 16.0. The molecule has 2 aromatic rings. The summed E-state index contributed by atoms with van der Waals surface area (Å²) in [4.78, 5) is 51.2. The van der Waals surface area contributed by atoms with Crippen molar-refractivity contribution >= 4 is 23.4 Å². The van der Waals surface area contributed by atoms with Crippen LogP contribution in [0.15, 0.2) is 42.5 Å². The van der Waals surface area contributed by atoms with Crippen molar-refractivity contribution in [2.45, 2.75) is 57.0 Å². The molecule has 172 valence electrons. The van der Waals surface area contributed by atoms with Crippen molar-refractivity contribution in [3.05, 3.63) is 70.3 Å². The molecular formula is C26H28N2O5. The van der Waals surface area contributed by atoms with E-state index in [2.05, 4.69) is 10.6 Å². The standard InChI is InChI=1S/C26H28N2O5/c29-15-22(26(33)27-17-8-4-2-1-3-5-9-17)28-25(32)16-12-13-20-21(14-16)24(31)19-11-7-6-10-18(19)23(20)30/h6-7,10-14,17,22,29H,1-5,8-9,15H2,(H,27,33)(H,28,32)/t22-/m0/s1. The highest BCUT2D eigenvalue weighted by Gasteiger charge is 2.30. The van der Waals surface area contributed by atoms with Crippen molar-refractivity contribution in [1.82, 2.24) is 10.6 Å². The Kier molecular flexibility index (Phi) is 6.99. The van der Waals surface area contributed by atoms with Crippen LogP contribution < -0.4 is 10.6 Å². The van der Waals surface area contributed by atoms with Gasteiger partial charge in [0.15, 0.2) is 11.6 Å². The van der Waals surface area contributed by atoms with Gasteiger partial charge in [-0.1, -0.05) is 56.4 Å². The Balaban J connectivity index is 1.47. The molecule has 7 nitrogen and oxygen atoms in total. The lowest BCUT2D eigenvalue weighted by Crippen LogP contribution is -2.51. The molecule has 0 heterocycles. The van der Waals surface area contributed by atoms with E-state index < -0.39 is 24.5 Å². The normalized spacial score (nSPS) is 17.2. The summed E-state index contributed by atoms with van der Waals surface area (Å²) in [7, 11) is 0. The molecule has 0 unspecified atom stereocenters. The van der Waals surface area contributed by atoms with E-state index in [9.17, 15) is 24.3 Å². The van der Waals surface area contributed by atoms with Gasteiger partial charge in [0.1, 0.15) is 6.04 Å². The van der Waals surface area contributed by atoms with Crippen LogP contribution in [0, 0.1) is 0 Å². The first-order valence-corrected chi connectivity index (χ1v) is 11.5. The maximum absolute atomic E-state index is 12.9. The lowest BCUT2D eigenvalue weighted by Gasteiger charge is -2.24. The summed E-state index contributed by atoms with van der Waals surface area (Å²) in [5.74, 6) is -1.60. The summed E-state index contributed by atoms with van der Waals surface area (Å²) < 4.78 is 0. The second-order valence-corrected chi connectivity index (χ2v) is 8.72. The first kappa shape index (κ1) is 22.9. The van der Waals surface area contributed by atoms with E-state index in [1.54, 1.807) is 24.3 Å². The number of nitrogens with one attached hydrogen (secondary N) is 2. The molecule has 1 fully saturated rings. The Hall–Kier alpha value is -3.32. The molecule has 3 N–H and O–H groups in total. The van der Waals surface area contributed by atoms with Crippen LogP contribution in [0.3, 0.4) is 0 Å². The van der Waals surface area contributed by atoms with Crippen LogP contribution in [-0.4, -0.2) is 47.2 Å². The van der Waals surface area contributed by atoms with Crippen LogP contribution in [0.25, 0.3) is 0 Å². The van der Waals surface area contributed by atoms with E-state index in [0.717, 1.165) is 38.5 Å². The number of rotatable bonds is 5. The van der Waals surface area contributed by atoms with Gasteiger partial charge in [0.2, 0.25) is 5.91 Å². The minimum Gasteiger partial charge on any atom is -0.394 e. The molecule has 4 rings (SSSR count). The average molecular weight is 449 g/mol. The van der Waals surface area contributed by atoms with Crippen molar-refractivity contribution in [2.75, 3.05) is 6.61 Å². The predicted molar refractivity (Wildman–Crippen MR) is 122 cm³/mol. The summed E-state index contributed by atoms with van der Waals surface area (Å²) in [6, 6.07) is 9.82. The molecule has 2 aromatic carbocycles. The lowest BCUT2D eigenvalue weighted by molar-refractivity contribution is -0.124. The van der Waals surface area contributed by atoms with Crippen LogP contribution in [0.1, 0.15) is 87.1 Å². The summed E-state index contributed by atoms with van der Waals surface area (Å²) in [5, 5.41) is 15.2. The summed E-state index contributed by atoms with van der Waals surface area (Å²) in [6.45, 7) is -0.542. The highest BCUT2D eigenvalue weighted by atomic mass is 16.3. The fraction of sp³-hybridized carbons (Fsp3) is 0.385. The van der Waals surface area contributed by atoms with Gasteiger partial charge in [-0.15, -0.1) is 0 Å². The molecule has 2 aliphatic carbocycles. The second kappa shape index (κ2) is 10.1. The lowest BCUT2D eigenvalue weighted by atomic mass is 9.83. The van der Waals surface area contributed by atoms with Gasteiger partial charge in [0, 0.05) is 33.9 Å². The molecule has 0 spiro atoms. The third-order valence-electron chi connectivity index (χ3n) is 6.44. The third kappa shape index (κ3) is 4.88. The molecule has 1 saturated carbocycles. The maximum atomic E-state index is 12.9. The molecule has 2 aliphatic rings. The highest BCUT2D eigenvalue weighted by Crippen LogP contribution is 2.28. The van der Waals surface area contributed by atoms with Gasteiger partial charge >= 0.3 is 0 Å². The summed E-state index contributed by atoms with van der Waals surface area (Å²) >= 11 is 0. The van der Waals surface area contributed by atoms with Crippen molar-refractivity contribution in [2.24, 2.45) is 0 Å². The third-order valence-corrected chi connectivity index (χ3v) is 6.44. The Morgan fingerprint density at radius 2 is 1.42 bits per heavy atom. The molecular weight excluding hydrogens is 420 g/mol. The number of ketones is 2. The second-order valence-electron chi connectivity index (χ2n) is 8.72. The highest BCUT2D eigenvalue weighted by molar-refractivity contribution is 6.28. The molecule has 33 heavy (non-hydrogen) atoms. The fourth-order valence-electron chi connectivity index (χ4n) is 4.58. The first-order valence-electron chi connectivity index (χ1n) is 11.5. The number of aliphatic hydroxyl groups excluding tert-OH is 1. The van der Waals surface area contributed by atoms with Gasteiger partial charge in [-0.05, 0) is 31.0 Å². The van der Waals surface area contributed by atoms with Crippen molar-refractivity contribution < 1.29 is 24.3 Å². The number of amides is 2. The Morgan fingerprint density at radius 3 is 2.06 bits per heavy atom. The minimum absolute atomic E-state index is 0.0381. The predicted octanol–water partition coefficient (Wildman–Crippen LogP) is 2.78. The monoisotopic (exact) mass is 448 g/mol. The minimum atomic E-state index is -1.10. The smallest absolute Gasteiger partial charge is 0.252 e. The topological polar surface area (TPSA) is 113 Å². The summed E-state index contributed by atoms with van der Waals surface area (Å²) in [5.41, 5.74) is 1.20. The zero-order valence-corrected chi connectivity index (χ0v) is 18.4. The van der Waals surface area contributed by atoms with E-state index in [0.29, 0.717) is 11.1 Å². The largest absolute Gasteiger partial charge is 0.394 e. The molecule has 7 heteroatoms. The average Bonchev–Trinajstić information content (AvgIpc) is 2.82. The number of aliphatic hydroxyl groups is 1. The van der Waals surface area contributed by atoms with Crippen LogP contribution in [0.4, 0.5) is 0 Å². The maximum Gasteiger partial charge on any atom is 0.252 e.